The van der Waals surface area contributed by atoms with Crippen LogP contribution >= 0.6 is 0 Å². The van der Waals surface area contributed by atoms with E-state index in [-0.39, 0.29) is 0 Å². The molecule has 12 heavy (non-hydrogen) atoms. The van der Waals surface area contributed by atoms with E-state index >= 15 is 0 Å². The second-order valence-corrected chi connectivity index (χ2v) is 2.26. The van der Waals surface area contributed by atoms with E-state index in [1.165, 1.54) is 12.3 Å². The Morgan fingerprint density at radius 3 is 2.92 bits per heavy atom. The lowest BCUT2D eigenvalue weighted by Crippen LogP contribution is -1.89. The second-order valence-electron chi connectivity index (χ2n) is 2.26. The predicted octanol–water partition coefficient (Wildman–Crippen LogP) is 0.883. The van der Waals surface area contributed by atoms with Gasteiger partial charge in [0.25, 0.3) is 0 Å². The predicted molar refractivity (Wildman–Crippen MR) is 43.4 cm³/mol. The minimum atomic E-state index is -0.988. The maximum absolute atomic E-state index is 10.1. The van der Waals surface area contributed by atoms with Crippen LogP contribution in [0.15, 0.2) is 18.5 Å². The van der Waals surface area contributed by atoms with E-state index in [0.717, 1.165) is 11.8 Å². The van der Waals surface area contributed by atoms with Crippen molar-refractivity contribution >= 4 is 12.0 Å². The Morgan fingerprint density at radius 2 is 2.33 bits per heavy atom. The van der Waals surface area contributed by atoms with Crippen LogP contribution in [-0.2, 0) is 4.79 Å². The Labute approximate surface area is 69.6 Å². The standard InChI is InChI=1S/C8H8N2O2/c1-6-4-9-5-7(10-6)2-3-8(11)12/h2-5H,1H3,(H,11,12)/b3-2+. The Morgan fingerprint density at radius 1 is 1.58 bits per heavy atom. The number of hydrogen-bond donors (Lipinski definition) is 1. The number of carboxylic acids is 1. The number of carbonyl (C=O) groups is 1. The highest BCUT2D eigenvalue weighted by atomic mass is 16.4. The third-order valence-electron chi connectivity index (χ3n) is 1.17. The molecular weight excluding hydrogens is 156 g/mol. The average Bonchev–Trinajstić information content (AvgIpc) is 2.01. The van der Waals surface area contributed by atoms with Crippen LogP contribution in [0.4, 0.5) is 0 Å². The van der Waals surface area contributed by atoms with Gasteiger partial charge < -0.3 is 5.11 Å². The fraction of sp³-hybridized carbons (Fsp3) is 0.125. The molecule has 0 spiro atoms. The van der Waals surface area contributed by atoms with Crippen molar-refractivity contribution in [3.05, 3.63) is 29.9 Å². The maximum Gasteiger partial charge on any atom is 0.328 e. The quantitative estimate of drug-likeness (QED) is 0.659. The summed E-state index contributed by atoms with van der Waals surface area (Å²) in [5.41, 5.74) is 1.32. The molecule has 1 N–H and O–H groups in total. The topological polar surface area (TPSA) is 63.1 Å². The summed E-state index contributed by atoms with van der Waals surface area (Å²) in [6.07, 6.45) is 5.55. The number of hydrogen-bond acceptors (Lipinski definition) is 3. The Kier molecular flexibility index (Phi) is 2.53. The monoisotopic (exact) mass is 164 g/mol. The zero-order valence-electron chi connectivity index (χ0n) is 6.56. The van der Waals surface area contributed by atoms with Crippen molar-refractivity contribution < 1.29 is 9.90 Å². The fourth-order valence-electron chi connectivity index (χ4n) is 0.720. The fourth-order valence-corrected chi connectivity index (χ4v) is 0.720. The molecule has 0 radical (unpaired) electrons. The van der Waals surface area contributed by atoms with Crippen molar-refractivity contribution in [2.45, 2.75) is 6.92 Å². The first-order valence-corrected chi connectivity index (χ1v) is 3.38. The summed E-state index contributed by atoms with van der Waals surface area (Å²) < 4.78 is 0. The summed E-state index contributed by atoms with van der Waals surface area (Å²) in [5, 5.41) is 8.31. The lowest BCUT2D eigenvalue weighted by molar-refractivity contribution is -0.131. The van der Waals surface area contributed by atoms with Crippen molar-refractivity contribution in [1.82, 2.24) is 9.97 Å². The molecule has 0 aliphatic rings. The smallest absolute Gasteiger partial charge is 0.328 e. The molecule has 1 aromatic heterocycles. The van der Waals surface area contributed by atoms with Crippen LogP contribution in [0.5, 0.6) is 0 Å². The molecule has 0 bridgehead atoms. The number of aliphatic carboxylic acids is 1. The van der Waals surface area contributed by atoms with E-state index in [1.54, 1.807) is 13.1 Å². The lowest BCUT2D eigenvalue weighted by Gasteiger charge is -1.92. The van der Waals surface area contributed by atoms with Crippen LogP contribution in [0.2, 0.25) is 0 Å². The van der Waals surface area contributed by atoms with E-state index < -0.39 is 5.97 Å². The first-order chi connectivity index (χ1) is 5.68. The van der Waals surface area contributed by atoms with Crippen molar-refractivity contribution in [2.24, 2.45) is 0 Å². The zero-order chi connectivity index (χ0) is 8.97. The molecule has 1 heterocycles. The highest BCUT2D eigenvalue weighted by Gasteiger charge is 1.91. The van der Waals surface area contributed by atoms with Crippen LogP contribution in [0.3, 0.4) is 0 Å². The van der Waals surface area contributed by atoms with E-state index in [9.17, 15) is 4.79 Å². The summed E-state index contributed by atoms with van der Waals surface area (Å²) in [5.74, 6) is -0.988. The molecule has 0 saturated heterocycles. The Hall–Kier alpha value is -1.71. The van der Waals surface area contributed by atoms with Gasteiger partial charge in [0.1, 0.15) is 0 Å². The van der Waals surface area contributed by atoms with Crippen molar-refractivity contribution in [3.63, 3.8) is 0 Å². The molecule has 0 aliphatic carbocycles. The number of rotatable bonds is 2. The third-order valence-corrected chi connectivity index (χ3v) is 1.17. The molecule has 0 aliphatic heterocycles. The van der Waals surface area contributed by atoms with Gasteiger partial charge in [-0.15, -0.1) is 0 Å². The van der Waals surface area contributed by atoms with Gasteiger partial charge in [-0.05, 0) is 13.0 Å². The highest BCUT2D eigenvalue weighted by molar-refractivity contribution is 5.84. The third kappa shape index (κ3) is 2.49. The molecule has 0 saturated carbocycles. The minimum absolute atomic E-state index is 0.553. The van der Waals surface area contributed by atoms with E-state index in [2.05, 4.69) is 9.97 Å². The highest BCUT2D eigenvalue weighted by Crippen LogP contribution is 1.96. The van der Waals surface area contributed by atoms with Gasteiger partial charge in [-0.3, -0.25) is 9.97 Å². The Bertz CT molecular complexity index is 321. The summed E-state index contributed by atoms with van der Waals surface area (Å²) in [4.78, 5) is 18.0. The first kappa shape index (κ1) is 8.39. The summed E-state index contributed by atoms with van der Waals surface area (Å²) >= 11 is 0. The van der Waals surface area contributed by atoms with Gasteiger partial charge in [0.05, 0.1) is 17.6 Å². The molecule has 4 nitrogen and oxygen atoms in total. The maximum atomic E-state index is 10.1. The van der Waals surface area contributed by atoms with Crippen molar-refractivity contribution in [1.29, 1.82) is 0 Å². The van der Waals surface area contributed by atoms with Gasteiger partial charge in [0.15, 0.2) is 0 Å². The van der Waals surface area contributed by atoms with Crippen LogP contribution < -0.4 is 0 Å². The number of carboxylic acid groups (broad SMARTS) is 1. The van der Waals surface area contributed by atoms with E-state index in [1.807, 2.05) is 0 Å². The number of aryl methyl sites for hydroxylation is 1. The van der Waals surface area contributed by atoms with Crippen LogP contribution in [0.25, 0.3) is 6.08 Å². The lowest BCUT2D eigenvalue weighted by atomic mass is 10.4. The molecule has 0 amide bonds. The largest absolute Gasteiger partial charge is 0.478 e. The van der Waals surface area contributed by atoms with Crippen LogP contribution in [-0.4, -0.2) is 21.0 Å². The molecule has 1 rings (SSSR count). The normalized spacial score (nSPS) is 10.4. The molecule has 0 unspecified atom stereocenters. The summed E-state index contributed by atoms with van der Waals surface area (Å²) in [6.45, 7) is 1.80. The molecule has 0 aromatic carbocycles. The van der Waals surface area contributed by atoms with Crippen molar-refractivity contribution in [3.8, 4) is 0 Å². The molecule has 1 aromatic rings. The summed E-state index contributed by atoms with van der Waals surface area (Å²) in [7, 11) is 0. The molecule has 0 atom stereocenters. The van der Waals surface area contributed by atoms with E-state index in [0.29, 0.717) is 5.69 Å². The van der Waals surface area contributed by atoms with Gasteiger partial charge in [0.2, 0.25) is 0 Å². The van der Waals surface area contributed by atoms with Gasteiger partial charge >= 0.3 is 5.97 Å². The molecule has 0 fully saturated rings. The zero-order valence-corrected chi connectivity index (χ0v) is 6.56. The minimum Gasteiger partial charge on any atom is -0.478 e. The average molecular weight is 164 g/mol. The first-order valence-electron chi connectivity index (χ1n) is 3.38. The molecule has 4 heteroatoms. The van der Waals surface area contributed by atoms with Crippen molar-refractivity contribution in [2.75, 3.05) is 0 Å². The van der Waals surface area contributed by atoms with Gasteiger partial charge in [-0.1, -0.05) is 0 Å². The van der Waals surface area contributed by atoms with E-state index in [4.69, 9.17) is 5.11 Å². The Balaban J connectivity index is 2.83. The molecule has 62 valence electrons. The van der Waals surface area contributed by atoms with Gasteiger partial charge in [-0.25, -0.2) is 4.79 Å². The van der Waals surface area contributed by atoms with Gasteiger partial charge in [0, 0.05) is 12.3 Å². The SMILES string of the molecule is Cc1cncc(/C=C/C(=O)O)n1. The van der Waals surface area contributed by atoms with Crippen LogP contribution in [0.1, 0.15) is 11.4 Å². The molecular formula is C8H8N2O2. The van der Waals surface area contributed by atoms with Crippen LogP contribution in [0, 0.1) is 6.92 Å². The summed E-state index contributed by atoms with van der Waals surface area (Å²) in [6, 6.07) is 0. The van der Waals surface area contributed by atoms with Gasteiger partial charge in [-0.2, -0.15) is 0 Å². The number of nitrogens with zero attached hydrogens (tertiary/aromatic N) is 2. The second kappa shape index (κ2) is 3.61. The number of aromatic nitrogens is 2.